The third-order valence-electron chi connectivity index (χ3n) is 2.45. The Bertz CT molecular complexity index is 295. The van der Waals surface area contributed by atoms with Gasteiger partial charge in [-0.05, 0) is 17.9 Å². The molecular weight excluding hydrogens is 186 g/mol. The Morgan fingerprint density at radius 1 is 1.33 bits per heavy atom. The average Bonchev–Trinajstić information content (AvgIpc) is 2.27. The van der Waals surface area contributed by atoms with Crippen LogP contribution in [0.1, 0.15) is 38.2 Å². The summed E-state index contributed by atoms with van der Waals surface area (Å²) in [5.74, 6) is 0.535. The quantitative estimate of drug-likeness (QED) is 0.786. The van der Waals surface area contributed by atoms with E-state index < -0.39 is 0 Å². The Labute approximate surface area is 91.7 Å². The highest BCUT2D eigenvalue weighted by Crippen LogP contribution is 2.12. The number of hydrogen-bond donors (Lipinski definition) is 1. The lowest BCUT2D eigenvalue weighted by Crippen LogP contribution is -2.26. The molecule has 0 bridgehead atoms. The summed E-state index contributed by atoms with van der Waals surface area (Å²) >= 11 is 0. The van der Waals surface area contributed by atoms with Crippen LogP contribution in [-0.4, -0.2) is 12.5 Å². The first-order chi connectivity index (χ1) is 7.24. The summed E-state index contributed by atoms with van der Waals surface area (Å²) in [6, 6.07) is 10.2. The number of hydrogen-bond acceptors (Lipinski definition) is 1. The molecule has 0 aliphatic rings. The summed E-state index contributed by atoms with van der Waals surface area (Å²) in [5.41, 5.74) is 1.27. The molecule has 0 aliphatic heterocycles. The zero-order chi connectivity index (χ0) is 11.1. The van der Waals surface area contributed by atoms with E-state index in [1.165, 1.54) is 5.56 Å². The SMILES string of the molecule is CCCC(=O)NC[C@@H](C)c1ccccc1. The molecule has 0 spiro atoms. The van der Waals surface area contributed by atoms with E-state index in [1.807, 2.05) is 25.1 Å². The van der Waals surface area contributed by atoms with E-state index >= 15 is 0 Å². The Kier molecular flexibility index (Phi) is 4.88. The zero-order valence-electron chi connectivity index (χ0n) is 9.49. The Balaban J connectivity index is 2.37. The highest BCUT2D eigenvalue weighted by Gasteiger charge is 2.06. The van der Waals surface area contributed by atoms with Crippen LogP contribution >= 0.6 is 0 Å². The predicted molar refractivity (Wildman–Crippen MR) is 62.8 cm³/mol. The molecule has 0 heterocycles. The highest BCUT2D eigenvalue weighted by molar-refractivity contribution is 5.75. The monoisotopic (exact) mass is 205 g/mol. The second-order valence-corrected chi connectivity index (χ2v) is 3.87. The van der Waals surface area contributed by atoms with Gasteiger partial charge in [0.1, 0.15) is 0 Å². The minimum Gasteiger partial charge on any atom is -0.356 e. The molecule has 0 saturated heterocycles. The van der Waals surface area contributed by atoms with Gasteiger partial charge in [-0.15, -0.1) is 0 Å². The summed E-state index contributed by atoms with van der Waals surface area (Å²) in [6.45, 7) is 4.87. The van der Waals surface area contributed by atoms with Crippen LogP contribution in [0.2, 0.25) is 0 Å². The second kappa shape index (κ2) is 6.23. The van der Waals surface area contributed by atoms with Gasteiger partial charge in [-0.3, -0.25) is 4.79 Å². The smallest absolute Gasteiger partial charge is 0.220 e. The van der Waals surface area contributed by atoms with Gasteiger partial charge < -0.3 is 5.32 Å². The van der Waals surface area contributed by atoms with Crippen molar-refractivity contribution in [3.63, 3.8) is 0 Å². The maximum Gasteiger partial charge on any atom is 0.220 e. The summed E-state index contributed by atoms with van der Waals surface area (Å²) in [6.07, 6.45) is 1.53. The molecule has 2 nitrogen and oxygen atoms in total. The van der Waals surface area contributed by atoms with Gasteiger partial charge in [-0.2, -0.15) is 0 Å². The number of carbonyl (C=O) groups excluding carboxylic acids is 1. The molecule has 15 heavy (non-hydrogen) atoms. The number of rotatable bonds is 5. The summed E-state index contributed by atoms with van der Waals surface area (Å²) in [4.78, 5) is 11.3. The standard InChI is InChI=1S/C13H19NO/c1-3-7-13(15)14-10-11(2)12-8-5-4-6-9-12/h4-6,8-9,11H,3,7,10H2,1-2H3,(H,14,15)/t11-/m1/s1. The van der Waals surface area contributed by atoms with Crippen molar-refractivity contribution in [3.05, 3.63) is 35.9 Å². The van der Waals surface area contributed by atoms with Crippen LogP contribution in [-0.2, 0) is 4.79 Å². The maximum absolute atomic E-state index is 11.3. The number of carbonyl (C=O) groups is 1. The van der Waals surface area contributed by atoms with Crippen molar-refractivity contribution in [3.8, 4) is 0 Å². The van der Waals surface area contributed by atoms with Crippen molar-refractivity contribution >= 4 is 5.91 Å². The first-order valence-corrected chi connectivity index (χ1v) is 5.55. The fourth-order valence-electron chi connectivity index (χ4n) is 1.48. The molecule has 1 aromatic carbocycles. The number of nitrogens with one attached hydrogen (secondary N) is 1. The molecule has 0 aromatic heterocycles. The molecule has 1 aromatic rings. The van der Waals surface area contributed by atoms with E-state index in [0.717, 1.165) is 13.0 Å². The van der Waals surface area contributed by atoms with Crippen molar-refractivity contribution in [2.45, 2.75) is 32.6 Å². The van der Waals surface area contributed by atoms with E-state index in [0.29, 0.717) is 12.3 Å². The van der Waals surface area contributed by atoms with Crippen LogP contribution < -0.4 is 5.32 Å². The van der Waals surface area contributed by atoms with E-state index in [9.17, 15) is 4.79 Å². The predicted octanol–water partition coefficient (Wildman–Crippen LogP) is 2.71. The molecule has 0 saturated carbocycles. The van der Waals surface area contributed by atoms with E-state index in [-0.39, 0.29) is 5.91 Å². The van der Waals surface area contributed by atoms with E-state index in [4.69, 9.17) is 0 Å². The van der Waals surface area contributed by atoms with Gasteiger partial charge in [0.05, 0.1) is 0 Å². The van der Waals surface area contributed by atoms with Gasteiger partial charge in [0.25, 0.3) is 0 Å². The zero-order valence-corrected chi connectivity index (χ0v) is 9.49. The third-order valence-corrected chi connectivity index (χ3v) is 2.45. The molecular formula is C13H19NO. The Morgan fingerprint density at radius 3 is 2.60 bits per heavy atom. The van der Waals surface area contributed by atoms with Crippen molar-refractivity contribution < 1.29 is 4.79 Å². The normalized spacial score (nSPS) is 12.1. The highest BCUT2D eigenvalue weighted by atomic mass is 16.1. The lowest BCUT2D eigenvalue weighted by molar-refractivity contribution is -0.121. The fraction of sp³-hybridized carbons (Fsp3) is 0.462. The topological polar surface area (TPSA) is 29.1 Å². The van der Waals surface area contributed by atoms with Crippen LogP contribution in [0, 0.1) is 0 Å². The van der Waals surface area contributed by atoms with Gasteiger partial charge in [0.2, 0.25) is 5.91 Å². The molecule has 2 heteroatoms. The lowest BCUT2D eigenvalue weighted by Gasteiger charge is -2.12. The number of amides is 1. The average molecular weight is 205 g/mol. The largest absolute Gasteiger partial charge is 0.356 e. The van der Waals surface area contributed by atoms with E-state index in [2.05, 4.69) is 24.4 Å². The van der Waals surface area contributed by atoms with Gasteiger partial charge in [0.15, 0.2) is 0 Å². The fourth-order valence-corrected chi connectivity index (χ4v) is 1.48. The van der Waals surface area contributed by atoms with Crippen molar-refractivity contribution in [2.75, 3.05) is 6.54 Å². The van der Waals surface area contributed by atoms with Crippen LogP contribution in [0.15, 0.2) is 30.3 Å². The summed E-state index contributed by atoms with van der Waals surface area (Å²) in [5, 5.41) is 2.94. The molecule has 1 amide bonds. The van der Waals surface area contributed by atoms with Gasteiger partial charge in [-0.1, -0.05) is 44.2 Å². The maximum atomic E-state index is 11.3. The molecule has 1 N–H and O–H groups in total. The van der Waals surface area contributed by atoms with Crippen LogP contribution in [0.3, 0.4) is 0 Å². The van der Waals surface area contributed by atoms with Gasteiger partial charge in [0, 0.05) is 13.0 Å². The van der Waals surface area contributed by atoms with Crippen molar-refractivity contribution in [1.29, 1.82) is 0 Å². The third kappa shape index (κ3) is 4.15. The molecule has 0 aliphatic carbocycles. The Hall–Kier alpha value is -1.31. The van der Waals surface area contributed by atoms with Crippen LogP contribution in [0.4, 0.5) is 0 Å². The van der Waals surface area contributed by atoms with Crippen LogP contribution in [0.25, 0.3) is 0 Å². The molecule has 0 fully saturated rings. The first-order valence-electron chi connectivity index (χ1n) is 5.55. The Morgan fingerprint density at radius 2 is 2.00 bits per heavy atom. The van der Waals surface area contributed by atoms with Crippen molar-refractivity contribution in [2.24, 2.45) is 0 Å². The molecule has 0 unspecified atom stereocenters. The lowest BCUT2D eigenvalue weighted by atomic mass is 10.0. The minimum atomic E-state index is 0.153. The molecule has 0 radical (unpaired) electrons. The van der Waals surface area contributed by atoms with Crippen LogP contribution in [0.5, 0.6) is 0 Å². The van der Waals surface area contributed by atoms with Gasteiger partial charge in [-0.25, -0.2) is 0 Å². The first kappa shape index (κ1) is 11.8. The summed E-state index contributed by atoms with van der Waals surface area (Å²) < 4.78 is 0. The molecule has 82 valence electrons. The molecule has 1 atom stereocenters. The van der Waals surface area contributed by atoms with Gasteiger partial charge >= 0.3 is 0 Å². The number of benzene rings is 1. The second-order valence-electron chi connectivity index (χ2n) is 3.87. The summed E-state index contributed by atoms with van der Waals surface area (Å²) in [7, 11) is 0. The van der Waals surface area contributed by atoms with Crippen molar-refractivity contribution in [1.82, 2.24) is 5.32 Å². The van der Waals surface area contributed by atoms with E-state index in [1.54, 1.807) is 0 Å². The molecule has 1 rings (SSSR count). The minimum absolute atomic E-state index is 0.153.